The Kier molecular flexibility index (Phi) is 6.86. The van der Waals surface area contributed by atoms with Crippen LogP contribution < -0.4 is 10.6 Å². The molecular weight excluding hydrogens is 400 g/mol. The fraction of sp³-hybridized carbons (Fsp3) is 0.522. The van der Waals surface area contributed by atoms with Gasteiger partial charge < -0.3 is 15.2 Å². The first-order valence-electron chi connectivity index (χ1n) is 10.6. The van der Waals surface area contributed by atoms with Crippen molar-refractivity contribution in [1.82, 2.24) is 20.2 Å². The summed E-state index contributed by atoms with van der Waals surface area (Å²) in [7, 11) is 1.58. The summed E-state index contributed by atoms with van der Waals surface area (Å²) in [6, 6.07) is 7.07. The normalized spacial score (nSPS) is 15.1. The second-order valence-corrected chi connectivity index (χ2v) is 9.41. The van der Waals surface area contributed by atoms with Crippen LogP contribution in [0, 0.1) is 5.41 Å². The summed E-state index contributed by atoms with van der Waals surface area (Å²) < 4.78 is 2.20. The third kappa shape index (κ3) is 5.04. The number of halogens is 1. The van der Waals surface area contributed by atoms with Gasteiger partial charge in [0.1, 0.15) is 17.6 Å². The van der Waals surface area contributed by atoms with Gasteiger partial charge in [0.25, 0.3) is 5.91 Å². The van der Waals surface area contributed by atoms with Gasteiger partial charge in [0.2, 0.25) is 5.91 Å². The Hall–Kier alpha value is -2.34. The van der Waals surface area contributed by atoms with Gasteiger partial charge >= 0.3 is 0 Å². The van der Waals surface area contributed by atoms with E-state index >= 15 is 0 Å². The van der Waals surface area contributed by atoms with E-state index in [9.17, 15) is 9.59 Å². The molecular formula is C23H31ClN4O2. The second-order valence-electron chi connectivity index (χ2n) is 8.98. The monoisotopic (exact) mass is 430 g/mol. The average molecular weight is 431 g/mol. The van der Waals surface area contributed by atoms with E-state index in [1.807, 2.05) is 45.0 Å². The van der Waals surface area contributed by atoms with Crippen LogP contribution in [0.4, 0.5) is 0 Å². The van der Waals surface area contributed by atoms with Crippen LogP contribution in [0.15, 0.2) is 24.3 Å². The number of aromatic nitrogens is 2. The lowest BCUT2D eigenvalue weighted by Crippen LogP contribution is -2.53. The number of likely N-dealkylation sites (N-methyl/N-ethyl adjacent to an activating group) is 1. The molecule has 1 aromatic heterocycles. The van der Waals surface area contributed by atoms with E-state index in [4.69, 9.17) is 16.6 Å². The molecule has 30 heavy (non-hydrogen) atoms. The standard InChI is InChI=1S/C23H31ClN4O2/c1-23(2,3)20(22(30)25-4)27-21(29)19-17-8-6-5-7-13-28(17)18(26-19)14-15-9-11-16(24)12-10-15/h9-12,20H,5-8,13-14H2,1-4H3,(H,25,30)(H,27,29)/t20-/m1/s1. The quantitative estimate of drug-likeness (QED) is 0.758. The predicted molar refractivity (Wildman–Crippen MR) is 119 cm³/mol. The van der Waals surface area contributed by atoms with Gasteiger partial charge in [-0.25, -0.2) is 4.98 Å². The van der Waals surface area contributed by atoms with Crippen LogP contribution in [0.25, 0.3) is 0 Å². The van der Waals surface area contributed by atoms with Crippen molar-refractivity contribution < 1.29 is 9.59 Å². The number of carbonyl (C=O) groups is 2. The summed E-state index contributed by atoms with van der Waals surface area (Å²) in [6.07, 6.45) is 4.68. The molecule has 7 heteroatoms. The van der Waals surface area contributed by atoms with Gasteiger partial charge in [-0.15, -0.1) is 0 Å². The van der Waals surface area contributed by atoms with Crippen molar-refractivity contribution >= 4 is 23.4 Å². The summed E-state index contributed by atoms with van der Waals surface area (Å²) >= 11 is 6.01. The van der Waals surface area contributed by atoms with Gasteiger partial charge in [-0.05, 0) is 42.4 Å². The molecule has 6 nitrogen and oxygen atoms in total. The zero-order valence-corrected chi connectivity index (χ0v) is 19.0. The van der Waals surface area contributed by atoms with Crippen molar-refractivity contribution in [2.75, 3.05) is 7.05 Å². The molecule has 2 aromatic rings. The highest BCUT2D eigenvalue weighted by atomic mass is 35.5. The van der Waals surface area contributed by atoms with Gasteiger partial charge in [0.05, 0.1) is 5.69 Å². The van der Waals surface area contributed by atoms with Crippen LogP contribution in [0.2, 0.25) is 5.02 Å². The lowest BCUT2D eigenvalue weighted by atomic mass is 9.86. The van der Waals surface area contributed by atoms with Crippen LogP contribution in [0.5, 0.6) is 0 Å². The van der Waals surface area contributed by atoms with Crippen molar-refractivity contribution in [3.8, 4) is 0 Å². The molecule has 0 bridgehead atoms. The lowest BCUT2D eigenvalue weighted by Gasteiger charge is -2.29. The molecule has 1 aromatic carbocycles. The highest BCUT2D eigenvalue weighted by Crippen LogP contribution is 2.24. The van der Waals surface area contributed by atoms with Crippen molar-refractivity contribution in [2.24, 2.45) is 5.41 Å². The first-order valence-corrected chi connectivity index (χ1v) is 10.9. The van der Waals surface area contributed by atoms with Gasteiger partial charge in [0, 0.05) is 25.0 Å². The zero-order chi connectivity index (χ0) is 21.9. The first kappa shape index (κ1) is 22.3. The van der Waals surface area contributed by atoms with Crippen molar-refractivity contribution in [3.05, 3.63) is 52.1 Å². The van der Waals surface area contributed by atoms with Crippen molar-refractivity contribution in [2.45, 2.75) is 65.5 Å². The number of imidazole rings is 1. The smallest absolute Gasteiger partial charge is 0.272 e. The minimum absolute atomic E-state index is 0.206. The van der Waals surface area contributed by atoms with Crippen LogP contribution in [0.3, 0.4) is 0 Å². The van der Waals surface area contributed by atoms with E-state index in [0.29, 0.717) is 17.1 Å². The number of nitrogens with zero attached hydrogens (tertiary/aromatic N) is 2. The van der Waals surface area contributed by atoms with E-state index in [1.54, 1.807) is 7.05 Å². The highest BCUT2D eigenvalue weighted by Gasteiger charge is 2.34. The molecule has 1 atom stereocenters. The predicted octanol–water partition coefficient (Wildman–Crippen LogP) is 3.74. The molecule has 0 radical (unpaired) electrons. The largest absolute Gasteiger partial charge is 0.357 e. The summed E-state index contributed by atoms with van der Waals surface area (Å²) in [4.78, 5) is 30.4. The number of nitrogens with one attached hydrogen (secondary N) is 2. The Balaban J connectivity index is 1.93. The SMILES string of the molecule is CNC(=O)[C@@H](NC(=O)c1nc(Cc2ccc(Cl)cc2)n2c1CCCCC2)C(C)(C)C. The third-order valence-electron chi connectivity index (χ3n) is 5.59. The molecule has 0 saturated heterocycles. The molecule has 0 spiro atoms. The van der Waals surface area contributed by atoms with E-state index < -0.39 is 11.5 Å². The second kappa shape index (κ2) is 9.21. The number of hydrogen-bond acceptors (Lipinski definition) is 3. The lowest BCUT2D eigenvalue weighted by molar-refractivity contribution is -0.124. The van der Waals surface area contributed by atoms with Crippen molar-refractivity contribution in [1.29, 1.82) is 0 Å². The van der Waals surface area contributed by atoms with Crippen molar-refractivity contribution in [3.63, 3.8) is 0 Å². The number of amides is 2. The Morgan fingerprint density at radius 1 is 1.17 bits per heavy atom. The Labute approximate surface area is 183 Å². The maximum atomic E-state index is 13.2. The molecule has 2 amide bonds. The molecule has 0 unspecified atom stereocenters. The number of fused-ring (bicyclic) bond motifs is 1. The molecule has 1 aliphatic rings. The molecule has 0 saturated carbocycles. The summed E-state index contributed by atoms with van der Waals surface area (Å²) in [5.41, 5.74) is 2.09. The summed E-state index contributed by atoms with van der Waals surface area (Å²) in [5.74, 6) is 0.390. The highest BCUT2D eigenvalue weighted by molar-refractivity contribution is 6.30. The Morgan fingerprint density at radius 3 is 2.50 bits per heavy atom. The number of rotatable bonds is 5. The number of carbonyl (C=O) groups excluding carboxylic acids is 2. The average Bonchev–Trinajstić information content (AvgIpc) is 2.87. The molecule has 3 rings (SSSR count). The molecule has 2 heterocycles. The third-order valence-corrected chi connectivity index (χ3v) is 5.84. The molecule has 1 aliphatic heterocycles. The van der Waals surface area contributed by atoms with Crippen LogP contribution >= 0.6 is 11.6 Å². The van der Waals surface area contributed by atoms with E-state index in [-0.39, 0.29) is 11.8 Å². The Morgan fingerprint density at radius 2 is 1.87 bits per heavy atom. The maximum absolute atomic E-state index is 13.2. The van der Waals surface area contributed by atoms with E-state index in [2.05, 4.69) is 15.2 Å². The van der Waals surface area contributed by atoms with E-state index in [1.165, 1.54) is 0 Å². The fourth-order valence-electron chi connectivity index (χ4n) is 3.91. The first-order chi connectivity index (χ1) is 14.2. The summed E-state index contributed by atoms with van der Waals surface area (Å²) in [6.45, 7) is 6.67. The maximum Gasteiger partial charge on any atom is 0.272 e. The van der Waals surface area contributed by atoms with Gasteiger partial charge in [-0.3, -0.25) is 9.59 Å². The topological polar surface area (TPSA) is 76.0 Å². The number of hydrogen-bond donors (Lipinski definition) is 2. The van der Waals surface area contributed by atoms with Crippen LogP contribution in [-0.2, 0) is 24.2 Å². The van der Waals surface area contributed by atoms with Gasteiger partial charge in [0.15, 0.2) is 0 Å². The molecule has 0 fully saturated rings. The van der Waals surface area contributed by atoms with Gasteiger partial charge in [-0.1, -0.05) is 50.9 Å². The Bertz CT molecular complexity index is 913. The van der Waals surface area contributed by atoms with Gasteiger partial charge in [-0.2, -0.15) is 0 Å². The summed E-state index contributed by atoms with van der Waals surface area (Å²) in [5, 5.41) is 6.29. The fourth-order valence-corrected chi connectivity index (χ4v) is 4.04. The molecule has 0 aliphatic carbocycles. The minimum Gasteiger partial charge on any atom is -0.357 e. The van der Waals surface area contributed by atoms with Crippen LogP contribution in [0.1, 0.15) is 67.6 Å². The number of benzene rings is 1. The zero-order valence-electron chi connectivity index (χ0n) is 18.2. The molecule has 2 N–H and O–H groups in total. The molecule has 162 valence electrons. The van der Waals surface area contributed by atoms with Crippen LogP contribution in [-0.4, -0.2) is 34.5 Å². The van der Waals surface area contributed by atoms with E-state index in [0.717, 1.165) is 49.3 Å². The minimum atomic E-state index is -0.641.